The molecule has 0 unspecified atom stereocenters. The fraction of sp³-hybridized carbons (Fsp3) is 0.558. The summed E-state index contributed by atoms with van der Waals surface area (Å²) in [6.45, 7) is 9.25. The number of hydrogen-bond donors (Lipinski definition) is 2. The minimum absolute atomic E-state index is 0.0360. The molecule has 3 aromatic rings. The van der Waals surface area contributed by atoms with Crippen LogP contribution in [0.25, 0.3) is 10.9 Å². The van der Waals surface area contributed by atoms with E-state index in [1.165, 1.54) is 16.2 Å². The lowest BCUT2D eigenvalue weighted by Gasteiger charge is -2.29. The Morgan fingerprint density at radius 1 is 1.05 bits per heavy atom. The van der Waals surface area contributed by atoms with Crippen molar-refractivity contribution in [3.8, 4) is 17.4 Å². The van der Waals surface area contributed by atoms with E-state index in [1.54, 1.807) is 26.2 Å². The van der Waals surface area contributed by atoms with Crippen molar-refractivity contribution in [3.63, 3.8) is 0 Å². The normalized spacial score (nSPS) is 26.5. The average Bonchev–Trinajstić information content (AvgIpc) is 3.97. The van der Waals surface area contributed by atoms with Crippen LogP contribution in [0.4, 0.5) is 0 Å². The maximum absolute atomic E-state index is 14.8. The van der Waals surface area contributed by atoms with Gasteiger partial charge in [0.1, 0.15) is 23.6 Å². The van der Waals surface area contributed by atoms with Crippen LogP contribution >= 0.6 is 11.3 Å². The van der Waals surface area contributed by atoms with Gasteiger partial charge in [-0.1, -0.05) is 25.0 Å². The molecule has 4 aliphatic rings. The van der Waals surface area contributed by atoms with E-state index in [0.29, 0.717) is 65.3 Å². The van der Waals surface area contributed by atoms with Crippen LogP contribution in [0.3, 0.4) is 0 Å². The number of nitrogens with zero attached hydrogens (tertiary/aromatic N) is 2. The first-order valence-corrected chi connectivity index (χ1v) is 22.6. The van der Waals surface area contributed by atoms with Crippen LogP contribution in [-0.2, 0) is 24.4 Å². The molecule has 5 atom stereocenters. The zero-order chi connectivity index (χ0) is 41.6. The van der Waals surface area contributed by atoms with Crippen molar-refractivity contribution in [2.24, 2.45) is 11.3 Å². The number of aromatic nitrogens is 1. The number of aryl methyl sites for hydroxylation is 2. The van der Waals surface area contributed by atoms with Crippen molar-refractivity contribution < 1.29 is 41.8 Å². The number of ether oxygens (including phenoxy) is 3. The van der Waals surface area contributed by atoms with Crippen molar-refractivity contribution in [2.45, 2.75) is 128 Å². The van der Waals surface area contributed by atoms with Gasteiger partial charge in [-0.25, -0.2) is 13.4 Å². The molecule has 2 saturated carbocycles. The molecule has 3 amide bonds. The number of Topliss-reactive ketones (excluding diaryl/α,β-unsaturated/α-hetero) is 1. The van der Waals surface area contributed by atoms with Crippen molar-refractivity contribution in [1.29, 1.82) is 0 Å². The van der Waals surface area contributed by atoms with Crippen LogP contribution in [0.5, 0.6) is 17.4 Å². The maximum Gasteiger partial charge on any atom is 0.262 e. The lowest BCUT2D eigenvalue weighted by molar-refractivity contribution is -0.140. The standard InChI is InChI=1S/C43H54N4O9S2/c1-25(2)55-37-21-35(30-15-16-34(54-6)27(4)38(30)45-37)56-29-20-32-33(48)23-43(41(51)46-58(52,53)42(5)18-19-42)22-28(43)12-10-8-7-9-11-13-31(40(50)47(32)24-29)44-39(49)36-17-14-26(3)57-36/h10,12,14-17,21,25,28-29,31-32H,7-9,11,13,18-20,22-24H2,1-6H3,(H,44,49)(H,46,51)/b12-10-/t28-,29+,31-,32-,43+/m0/s1. The molecule has 0 spiro atoms. The molecule has 0 radical (unpaired) electrons. The molecule has 7 rings (SSSR count). The monoisotopic (exact) mass is 834 g/mol. The third-order valence-electron chi connectivity index (χ3n) is 12.1. The van der Waals surface area contributed by atoms with Gasteiger partial charge in [-0.2, -0.15) is 0 Å². The molecule has 3 fully saturated rings. The Bertz CT molecular complexity index is 2250. The summed E-state index contributed by atoms with van der Waals surface area (Å²) in [7, 11) is -2.37. The van der Waals surface area contributed by atoms with Crippen molar-refractivity contribution in [3.05, 3.63) is 57.8 Å². The Morgan fingerprint density at radius 2 is 1.83 bits per heavy atom. The number of amides is 3. The van der Waals surface area contributed by atoms with E-state index in [9.17, 15) is 27.6 Å². The topological polar surface area (TPSA) is 170 Å². The summed E-state index contributed by atoms with van der Waals surface area (Å²) in [5.41, 5.74) is 0.137. The van der Waals surface area contributed by atoms with Gasteiger partial charge in [-0.3, -0.25) is 23.9 Å². The van der Waals surface area contributed by atoms with Gasteiger partial charge >= 0.3 is 0 Å². The number of methoxy groups -OCH3 is 1. The molecule has 58 heavy (non-hydrogen) atoms. The molecule has 4 heterocycles. The number of pyridine rings is 1. The number of hydrogen-bond acceptors (Lipinski definition) is 11. The van der Waals surface area contributed by atoms with Gasteiger partial charge in [0.05, 0.1) is 46.4 Å². The second-order valence-corrected chi connectivity index (χ2v) is 20.4. The summed E-state index contributed by atoms with van der Waals surface area (Å²) in [5.74, 6) is -0.690. The van der Waals surface area contributed by atoms with E-state index in [-0.39, 0.29) is 43.1 Å². The quantitative estimate of drug-likeness (QED) is 0.220. The minimum Gasteiger partial charge on any atom is -0.496 e. The van der Waals surface area contributed by atoms with Gasteiger partial charge in [0.25, 0.3) is 5.91 Å². The third kappa shape index (κ3) is 8.47. The van der Waals surface area contributed by atoms with Crippen molar-refractivity contribution in [2.75, 3.05) is 13.7 Å². The second kappa shape index (κ2) is 16.3. The number of carbonyl (C=O) groups is 4. The molecular weight excluding hydrogens is 781 g/mol. The molecule has 15 heteroatoms. The lowest BCUT2D eigenvalue weighted by atomic mass is 9.91. The first kappa shape index (κ1) is 41.7. The number of allylic oxidation sites excluding steroid dienone is 2. The molecule has 1 saturated heterocycles. The number of sulfonamides is 1. The number of fused-ring (bicyclic) bond motifs is 3. The van der Waals surface area contributed by atoms with E-state index in [0.717, 1.165) is 29.7 Å². The molecule has 312 valence electrons. The molecule has 1 aromatic carbocycles. The van der Waals surface area contributed by atoms with Gasteiger partial charge in [0.15, 0.2) is 5.78 Å². The molecular formula is C43H54N4O9S2. The van der Waals surface area contributed by atoms with Crippen LogP contribution < -0.4 is 24.2 Å². The van der Waals surface area contributed by atoms with Gasteiger partial charge in [0, 0.05) is 34.7 Å². The van der Waals surface area contributed by atoms with Crippen molar-refractivity contribution >= 4 is 55.8 Å². The summed E-state index contributed by atoms with van der Waals surface area (Å²) < 4.78 is 46.2. The first-order valence-electron chi connectivity index (χ1n) is 20.3. The highest BCUT2D eigenvalue weighted by atomic mass is 32.2. The zero-order valence-corrected chi connectivity index (χ0v) is 35.7. The fourth-order valence-corrected chi connectivity index (χ4v) is 10.3. The number of nitrogens with one attached hydrogen (secondary N) is 2. The zero-order valence-electron chi connectivity index (χ0n) is 34.1. The Labute approximate surface area is 344 Å². The average molecular weight is 835 g/mol. The largest absolute Gasteiger partial charge is 0.496 e. The minimum atomic E-state index is -3.96. The second-order valence-electron chi connectivity index (χ2n) is 16.9. The van der Waals surface area contributed by atoms with Crippen LogP contribution in [-0.4, -0.2) is 84.5 Å². The number of thiophene rings is 1. The summed E-state index contributed by atoms with van der Waals surface area (Å²) in [4.78, 5) is 64.8. The van der Waals surface area contributed by atoms with Crippen LogP contribution in [0.2, 0.25) is 0 Å². The molecule has 0 bridgehead atoms. The van der Waals surface area contributed by atoms with Gasteiger partial charge in [0.2, 0.25) is 27.7 Å². The molecule has 13 nitrogen and oxygen atoms in total. The Kier molecular flexibility index (Phi) is 11.7. The molecule has 2 aliphatic heterocycles. The van der Waals surface area contributed by atoms with Gasteiger partial charge in [-0.15, -0.1) is 11.3 Å². The predicted molar refractivity (Wildman–Crippen MR) is 221 cm³/mol. The number of rotatable bonds is 10. The van der Waals surface area contributed by atoms with E-state index in [2.05, 4.69) is 10.0 Å². The van der Waals surface area contributed by atoms with E-state index >= 15 is 0 Å². The lowest BCUT2D eigenvalue weighted by Crippen LogP contribution is -2.52. The Hall–Kier alpha value is -4.50. The number of benzene rings is 1. The SMILES string of the molecule is COc1ccc2c(O[C@@H]3C[C@H]4C(=O)C[C@]5(C(=O)NS(=O)(=O)C6(C)CC6)C[C@@H]5/C=C\CCCCC[C@H](NC(=O)c5ccc(C)s5)C(=O)N4C3)cc(OC(C)C)nc2c1C. The summed E-state index contributed by atoms with van der Waals surface area (Å²) in [6, 6.07) is 7.07. The fourth-order valence-electron chi connectivity index (χ4n) is 8.23. The molecule has 2 aliphatic carbocycles. The van der Waals surface area contributed by atoms with Crippen LogP contribution in [0, 0.1) is 25.2 Å². The van der Waals surface area contributed by atoms with Crippen LogP contribution in [0.1, 0.15) is 105 Å². The van der Waals surface area contributed by atoms with Crippen molar-refractivity contribution in [1.82, 2.24) is 19.9 Å². The highest BCUT2D eigenvalue weighted by Gasteiger charge is 2.62. The van der Waals surface area contributed by atoms with E-state index in [1.807, 2.05) is 58.0 Å². The third-order valence-corrected chi connectivity index (χ3v) is 15.3. The Balaban J connectivity index is 1.23. The van der Waals surface area contributed by atoms with E-state index < -0.39 is 50.2 Å². The highest BCUT2D eigenvalue weighted by Crippen LogP contribution is 2.57. The van der Waals surface area contributed by atoms with E-state index in [4.69, 9.17) is 19.2 Å². The Morgan fingerprint density at radius 3 is 2.52 bits per heavy atom. The maximum atomic E-state index is 14.8. The van der Waals surface area contributed by atoms with Gasteiger partial charge in [-0.05, 0) is 103 Å². The molecule has 2 aromatic heterocycles. The smallest absolute Gasteiger partial charge is 0.262 e. The summed E-state index contributed by atoms with van der Waals surface area (Å²) >= 11 is 1.34. The number of carbonyl (C=O) groups excluding carboxylic acids is 4. The van der Waals surface area contributed by atoms with Gasteiger partial charge < -0.3 is 24.4 Å². The summed E-state index contributed by atoms with van der Waals surface area (Å²) in [6.07, 6.45) is 7.58. The highest BCUT2D eigenvalue weighted by molar-refractivity contribution is 7.91. The van der Waals surface area contributed by atoms with Crippen LogP contribution in [0.15, 0.2) is 42.5 Å². The number of ketones is 1. The predicted octanol–water partition coefficient (Wildman–Crippen LogP) is 6.34. The first-order chi connectivity index (χ1) is 27.5. The molecule has 2 N–H and O–H groups in total. The summed E-state index contributed by atoms with van der Waals surface area (Å²) in [5, 5.41) is 3.68.